The van der Waals surface area contributed by atoms with Crippen LogP contribution in [0.15, 0.2) is 66.1 Å². The molecule has 1 aliphatic rings. The van der Waals surface area contributed by atoms with Crippen LogP contribution in [0.4, 0.5) is 0 Å². The van der Waals surface area contributed by atoms with Gasteiger partial charge in [-0.25, -0.2) is 4.79 Å². The Kier molecular flexibility index (Phi) is 7.85. The van der Waals surface area contributed by atoms with Crippen molar-refractivity contribution >= 4 is 17.4 Å². The Bertz CT molecular complexity index is 1010. The number of carboxylic acids is 1. The Morgan fingerprint density at radius 3 is 2.42 bits per heavy atom. The molecule has 6 nitrogen and oxygen atoms in total. The first-order valence-electron chi connectivity index (χ1n) is 10.1. The van der Waals surface area contributed by atoms with Gasteiger partial charge in [0.1, 0.15) is 5.75 Å². The summed E-state index contributed by atoms with van der Waals surface area (Å²) in [4.78, 5) is 23.1. The summed E-state index contributed by atoms with van der Waals surface area (Å²) < 4.78 is 10.4. The highest BCUT2D eigenvalue weighted by Gasteiger charge is 2.16. The highest BCUT2D eigenvalue weighted by atomic mass is 16.5. The predicted octanol–water partition coefficient (Wildman–Crippen LogP) is 3.51. The summed E-state index contributed by atoms with van der Waals surface area (Å²) in [6.07, 6.45) is 3.31. The topological polar surface area (TPSA) is 84.9 Å². The molecule has 0 heterocycles. The van der Waals surface area contributed by atoms with E-state index in [-0.39, 0.29) is 18.9 Å². The highest BCUT2D eigenvalue weighted by molar-refractivity contribution is 5.77. The molecule has 0 saturated carbocycles. The smallest absolute Gasteiger partial charge is 0.333 e. The van der Waals surface area contributed by atoms with Gasteiger partial charge in [-0.2, -0.15) is 0 Å². The van der Waals surface area contributed by atoms with Gasteiger partial charge in [0.2, 0.25) is 0 Å². The second-order valence-electron chi connectivity index (χ2n) is 7.16. The lowest BCUT2D eigenvalue weighted by Crippen LogP contribution is -2.28. The van der Waals surface area contributed by atoms with Crippen LogP contribution in [0, 0.1) is 0 Å². The van der Waals surface area contributed by atoms with E-state index in [1.807, 2.05) is 30.3 Å². The zero-order valence-corrected chi connectivity index (χ0v) is 17.4. The molecule has 31 heavy (non-hydrogen) atoms. The molecular formula is C25H25NO5. The maximum absolute atomic E-state index is 12.1. The molecule has 0 fully saturated rings. The predicted molar refractivity (Wildman–Crippen MR) is 117 cm³/mol. The van der Waals surface area contributed by atoms with Crippen LogP contribution < -0.4 is 10.1 Å². The Hall–Kier alpha value is -3.56. The van der Waals surface area contributed by atoms with E-state index in [1.165, 1.54) is 7.11 Å². The van der Waals surface area contributed by atoms with Gasteiger partial charge < -0.3 is 19.9 Å². The third-order valence-electron chi connectivity index (χ3n) is 4.93. The number of methoxy groups -OCH3 is 1. The fourth-order valence-corrected chi connectivity index (χ4v) is 3.14. The molecule has 160 valence electrons. The number of benzene rings is 2. The number of hydrogen-bond acceptors (Lipinski definition) is 4. The summed E-state index contributed by atoms with van der Waals surface area (Å²) in [6, 6.07) is 15.0. The largest absolute Gasteiger partial charge is 0.484 e. The molecule has 0 saturated heterocycles. The average Bonchev–Trinajstić information content (AvgIpc) is 2.81. The number of carboxylic acid groups (broad SMARTS) is 1. The Morgan fingerprint density at radius 2 is 1.81 bits per heavy atom. The molecule has 0 bridgehead atoms. The van der Waals surface area contributed by atoms with Gasteiger partial charge in [0.25, 0.3) is 5.91 Å². The van der Waals surface area contributed by atoms with Gasteiger partial charge in [-0.05, 0) is 47.7 Å². The summed E-state index contributed by atoms with van der Waals surface area (Å²) in [5, 5.41) is 11.9. The molecule has 1 atom stereocenters. The lowest BCUT2D eigenvalue weighted by Gasteiger charge is -2.11. The standard InChI is InChI=1S/C25H25NO5/c1-30-23(25(28)29)15-18-9-13-22(14-10-18)31-17-24(27)26-16-19-7-11-21(12-8-19)20-5-3-2-4-6-20/h2,7-14,23H,3,5,15-17H2,1H3,(H,26,27)(H,28,29)/t23-/m0/s1. The number of carbonyl (C=O) groups is 2. The molecule has 0 aliphatic heterocycles. The number of allylic oxidation sites excluding steroid dienone is 2. The number of hydrogen-bond donors (Lipinski definition) is 2. The Labute approximate surface area is 181 Å². The van der Waals surface area contributed by atoms with Crippen LogP contribution in [0.2, 0.25) is 0 Å². The molecular weight excluding hydrogens is 394 g/mol. The van der Waals surface area contributed by atoms with Gasteiger partial charge in [0, 0.05) is 25.6 Å². The van der Waals surface area contributed by atoms with Crippen molar-refractivity contribution in [2.24, 2.45) is 0 Å². The van der Waals surface area contributed by atoms with Gasteiger partial charge >= 0.3 is 5.97 Å². The minimum absolute atomic E-state index is 0.0999. The van der Waals surface area contributed by atoms with Crippen LogP contribution >= 0.6 is 0 Å². The summed E-state index contributed by atoms with van der Waals surface area (Å²) in [6.45, 7) is 0.320. The van der Waals surface area contributed by atoms with Gasteiger partial charge in [0.15, 0.2) is 12.7 Å². The van der Waals surface area contributed by atoms with Gasteiger partial charge in [0.05, 0.1) is 0 Å². The van der Waals surface area contributed by atoms with Crippen molar-refractivity contribution in [3.63, 3.8) is 0 Å². The van der Waals surface area contributed by atoms with E-state index >= 15 is 0 Å². The van der Waals surface area contributed by atoms with E-state index in [0.717, 1.165) is 35.1 Å². The molecule has 0 aromatic heterocycles. The van der Waals surface area contributed by atoms with E-state index in [4.69, 9.17) is 14.6 Å². The van der Waals surface area contributed by atoms with E-state index in [1.54, 1.807) is 24.3 Å². The number of carbonyl (C=O) groups excluding carboxylic acids is 1. The molecule has 2 N–H and O–H groups in total. The van der Waals surface area contributed by atoms with E-state index in [0.29, 0.717) is 12.3 Å². The molecule has 3 rings (SSSR count). The molecule has 6 heteroatoms. The summed E-state index contributed by atoms with van der Waals surface area (Å²) in [5.74, 6) is -0.689. The summed E-state index contributed by atoms with van der Waals surface area (Å²) in [5.41, 5.74) is 10.3. The monoisotopic (exact) mass is 419 g/mol. The maximum atomic E-state index is 12.1. The van der Waals surface area contributed by atoms with Crippen LogP contribution in [-0.2, 0) is 27.3 Å². The number of amides is 1. The number of rotatable bonds is 10. The lowest BCUT2D eigenvalue weighted by molar-refractivity contribution is -0.148. The zero-order valence-electron chi connectivity index (χ0n) is 17.4. The van der Waals surface area contributed by atoms with E-state index < -0.39 is 12.1 Å². The Balaban J connectivity index is 1.43. The molecule has 1 aliphatic carbocycles. The van der Waals surface area contributed by atoms with Crippen LogP contribution in [0.3, 0.4) is 0 Å². The second-order valence-corrected chi connectivity index (χ2v) is 7.16. The zero-order chi connectivity index (χ0) is 22.1. The fraction of sp³-hybridized carbons (Fsp3) is 0.280. The van der Waals surface area contributed by atoms with Crippen LogP contribution in [0.1, 0.15) is 29.5 Å². The van der Waals surface area contributed by atoms with Crippen molar-refractivity contribution in [2.45, 2.75) is 31.9 Å². The summed E-state index contributed by atoms with van der Waals surface area (Å²) >= 11 is 0. The van der Waals surface area contributed by atoms with Gasteiger partial charge in [-0.1, -0.05) is 47.9 Å². The van der Waals surface area contributed by atoms with Crippen LogP contribution in [-0.4, -0.2) is 36.8 Å². The second kappa shape index (κ2) is 11.0. The molecule has 0 radical (unpaired) electrons. The normalized spacial score (nSPS) is 13.4. The fourth-order valence-electron chi connectivity index (χ4n) is 3.14. The van der Waals surface area contributed by atoms with Crippen molar-refractivity contribution in [3.8, 4) is 5.75 Å². The molecule has 2 aromatic carbocycles. The third-order valence-corrected chi connectivity index (χ3v) is 4.93. The molecule has 0 spiro atoms. The molecule has 2 aromatic rings. The van der Waals surface area contributed by atoms with Crippen LogP contribution in [0.5, 0.6) is 5.75 Å². The van der Waals surface area contributed by atoms with Crippen LogP contribution in [0.25, 0.3) is 5.57 Å². The number of aliphatic carboxylic acids is 1. The van der Waals surface area contributed by atoms with Crippen molar-refractivity contribution < 1.29 is 24.2 Å². The molecule has 0 unspecified atom stereocenters. The first kappa shape index (κ1) is 22.1. The number of nitrogens with one attached hydrogen (secondary N) is 1. The number of ether oxygens (including phenoxy) is 2. The van der Waals surface area contributed by atoms with E-state index in [2.05, 4.69) is 16.8 Å². The van der Waals surface area contributed by atoms with Crippen molar-refractivity contribution in [1.82, 2.24) is 5.32 Å². The van der Waals surface area contributed by atoms with Crippen molar-refractivity contribution in [3.05, 3.63) is 82.8 Å². The van der Waals surface area contributed by atoms with Gasteiger partial charge in [-0.3, -0.25) is 4.79 Å². The minimum Gasteiger partial charge on any atom is -0.484 e. The highest BCUT2D eigenvalue weighted by Crippen LogP contribution is 2.21. The SMILES string of the molecule is CO[C@@H](Cc1ccc(OCC(=O)NCc2ccc(C3=C=C=CCC3)cc2)cc1)C(=O)O. The van der Waals surface area contributed by atoms with Crippen molar-refractivity contribution in [1.29, 1.82) is 0 Å². The quantitative estimate of drug-likeness (QED) is 0.576. The summed E-state index contributed by atoms with van der Waals surface area (Å²) in [7, 11) is 1.37. The first-order valence-corrected chi connectivity index (χ1v) is 10.1. The molecule has 1 amide bonds. The first-order chi connectivity index (χ1) is 15.0. The maximum Gasteiger partial charge on any atom is 0.333 e. The van der Waals surface area contributed by atoms with E-state index in [9.17, 15) is 9.59 Å². The van der Waals surface area contributed by atoms with Crippen molar-refractivity contribution in [2.75, 3.05) is 13.7 Å². The Morgan fingerprint density at radius 1 is 1.10 bits per heavy atom. The lowest BCUT2D eigenvalue weighted by atomic mass is 9.99. The third kappa shape index (κ3) is 6.73. The average molecular weight is 419 g/mol. The van der Waals surface area contributed by atoms with Gasteiger partial charge in [-0.15, -0.1) is 0 Å². The minimum atomic E-state index is -1.01.